The van der Waals surface area contributed by atoms with Gasteiger partial charge in [0.05, 0.1) is 5.02 Å². The van der Waals surface area contributed by atoms with E-state index in [1.807, 2.05) is 13.0 Å². The lowest BCUT2D eigenvalue weighted by molar-refractivity contribution is 0.439. The molecule has 1 aromatic carbocycles. The molecule has 21 heavy (non-hydrogen) atoms. The number of nitrogens with zero attached hydrogens (tertiary/aromatic N) is 2. The van der Waals surface area contributed by atoms with Crippen molar-refractivity contribution in [2.45, 2.75) is 32.4 Å². The second kappa shape index (κ2) is 6.30. The van der Waals surface area contributed by atoms with Gasteiger partial charge in [-0.2, -0.15) is 4.98 Å². The van der Waals surface area contributed by atoms with Crippen molar-refractivity contribution in [1.29, 1.82) is 0 Å². The molecule has 1 aromatic heterocycles. The van der Waals surface area contributed by atoms with Crippen LogP contribution in [0.5, 0.6) is 11.8 Å². The second-order valence-corrected chi connectivity index (χ2v) is 6.42. The number of aromatic nitrogens is 2. The second-order valence-electron chi connectivity index (χ2n) is 5.10. The summed E-state index contributed by atoms with van der Waals surface area (Å²) >= 11 is 9.49. The average molecular weight is 369 g/mol. The SMILES string of the molecule is Cc1nc(Oc2cc(Br)ccc2Cl)ncc1CNC1CC1. The molecule has 0 spiro atoms. The van der Waals surface area contributed by atoms with Crippen LogP contribution < -0.4 is 10.1 Å². The predicted molar refractivity (Wildman–Crippen MR) is 85.9 cm³/mol. The Bertz CT molecular complexity index is 661. The number of hydrogen-bond acceptors (Lipinski definition) is 4. The molecule has 1 aliphatic rings. The first-order valence-electron chi connectivity index (χ1n) is 6.80. The molecular formula is C15H15BrClN3O. The normalized spacial score (nSPS) is 14.2. The molecule has 4 nitrogen and oxygen atoms in total. The number of rotatable bonds is 5. The van der Waals surface area contributed by atoms with Gasteiger partial charge in [-0.25, -0.2) is 4.98 Å². The summed E-state index contributed by atoms with van der Waals surface area (Å²) in [6.07, 6.45) is 4.34. The molecule has 1 aliphatic carbocycles. The summed E-state index contributed by atoms with van der Waals surface area (Å²) in [4.78, 5) is 8.65. The number of nitrogens with one attached hydrogen (secondary N) is 1. The molecule has 1 heterocycles. The Hall–Kier alpha value is -1.17. The van der Waals surface area contributed by atoms with E-state index in [4.69, 9.17) is 16.3 Å². The summed E-state index contributed by atoms with van der Waals surface area (Å²) in [5, 5.41) is 3.98. The molecule has 1 N–H and O–H groups in total. The van der Waals surface area contributed by atoms with Gasteiger partial charge >= 0.3 is 6.01 Å². The Kier molecular flexibility index (Phi) is 4.42. The maximum Gasteiger partial charge on any atom is 0.322 e. The maximum atomic E-state index is 6.10. The number of halogens is 2. The fourth-order valence-corrected chi connectivity index (χ4v) is 2.39. The standard InChI is InChI=1S/C15H15BrClN3O/c1-9-10(7-18-12-3-4-12)8-19-15(20-9)21-14-6-11(16)2-5-13(14)17/h2,5-6,8,12,18H,3-4,7H2,1H3. The Morgan fingerprint density at radius 1 is 1.43 bits per heavy atom. The van der Waals surface area contributed by atoms with Crippen LogP contribution in [0, 0.1) is 6.92 Å². The Morgan fingerprint density at radius 2 is 2.24 bits per heavy atom. The molecule has 0 atom stereocenters. The van der Waals surface area contributed by atoms with Crippen LogP contribution in [0.4, 0.5) is 0 Å². The molecule has 0 radical (unpaired) electrons. The van der Waals surface area contributed by atoms with Crippen molar-refractivity contribution in [1.82, 2.24) is 15.3 Å². The fraction of sp³-hybridized carbons (Fsp3) is 0.333. The van der Waals surface area contributed by atoms with E-state index in [0.29, 0.717) is 22.8 Å². The van der Waals surface area contributed by atoms with Gasteiger partial charge in [0.25, 0.3) is 0 Å². The molecule has 0 amide bonds. The van der Waals surface area contributed by atoms with Gasteiger partial charge in [0.2, 0.25) is 0 Å². The summed E-state index contributed by atoms with van der Waals surface area (Å²) in [5.41, 5.74) is 2.01. The van der Waals surface area contributed by atoms with Crippen LogP contribution in [0.1, 0.15) is 24.1 Å². The van der Waals surface area contributed by atoms with Gasteiger partial charge in [-0.1, -0.05) is 27.5 Å². The van der Waals surface area contributed by atoms with Crippen LogP contribution in [0.15, 0.2) is 28.9 Å². The van der Waals surface area contributed by atoms with Crippen LogP contribution in [-0.4, -0.2) is 16.0 Å². The third kappa shape index (κ3) is 3.93. The van der Waals surface area contributed by atoms with Crippen molar-refractivity contribution >= 4 is 27.5 Å². The average Bonchev–Trinajstić information content (AvgIpc) is 3.26. The highest BCUT2D eigenvalue weighted by Crippen LogP contribution is 2.30. The van der Waals surface area contributed by atoms with Crippen LogP contribution in [0.2, 0.25) is 5.02 Å². The lowest BCUT2D eigenvalue weighted by Gasteiger charge is -2.09. The molecule has 6 heteroatoms. The molecule has 0 saturated heterocycles. The smallest absolute Gasteiger partial charge is 0.322 e. The van der Waals surface area contributed by atoms with Gasteiger partial charge in [0, 0.05) is 34.5 Å². The summed E-state index contributed by atoms with van der Waals surface area (Å²) in [6.45, 7) is 2.76. The van der Waals surface area contributed by atoms with Crippen molar-refractivity contribution in [3.05, 3.63) is 45.1 Å². The van der Waals surface area contributed by atoms with Crippen LogP contribution >= 0.6 is 27.5 Å². The molecule has 0 aliphatic heterocycles. The van der Waals surface area contributed by atoms with Gasteiger partial charge < -0.3 is 10.1 Å². The van der Waals surface area contributed by atoms with E-state index < -0.39 is 0 Å². The molecule has 1 fully saturated rings. The minimum absolute atomic E-state index is 0.308. The first kappa shape index (κ1) is 14.8. The lowest BCUT2D eigenvalue weighted by Crippen LogP contribution is -2.16. The third-order valence-corrected chi connectivity index (χ3v) is 4.12. The monoisotopic (exact) mass is 367 g/mol. The van der Waals surface area contributed by atoms with Crippen molar-refractivity contribution < 1.29 is 4.74 Å². The number of hydrogen-bond donors (Lipinski definition) is 1. The lowest BCUT2D eigenvalue weighted by atomic mass is 10.2. The van der Waals surface area contributed by atoms with Gasteiger partial charge in [-0.15, -0.1) is 0 Å². The molecule has 0 bridgehead atoms. The molecule has 110 valence electrons. The quantitative estimate of drug-likeness (QED) is 0.857. The highest BCUT2D eigenvalue weighted by atomic mass is 79.9. The van der Waals surface area contributed by atoms with Crippen LogP contribution in [0.25, 0.3) is 0 Å². The van der Waals surface area contributed by atoms with Crippen molar-refractivity contribution in [2.75, 3.05) is 0 Å². The fourth-order valence-electron chi connectivity index (χ4n) is 1.89. The first-order valence-corrected chi connectivity index (χ1v) is 7.98. The molecule has 1 saturated carbocycles. The van der Waals surface area contributed by atoms with Crippen molar-refractivity contribution in [2.24, 2.45) is 0 Å². The minimum atomic E-state index is 0.308. The van der Waals surface area contributed by atoms with E-state index in [1.54, 1.807) is 18.3 Å². The summed E-state index contributed by atoms with van der Waals surface area (Å²) < 4.78 is 6.55. The van der Waals surface area contributed by atoms with Crippen LogP contribution in [0.3, 0.4) is 0 Å². The van der Waals surface area contributed by atoms with E-state index in [2.05, 4.69) is 31.2 Å². The highest BCUT2D eigenvalue weighted by molar-refractivity contribution is 9.10. The summed E-state index contributed by atoms with van der Waals surface area (Å²) in [7, 11) is 0. The van der Waals surface area contributed by atoms with E-state index >= 15 is 0 Å². The highest BCUT2D eigenvalue weighted by Gasteiger charge is 2.20. The molecule has 3 rings (SSSR count). The van der Waals surface area contributed by atoms with Crippen molar-refractivity contribution in [3.8, 4) is 11.8 Å². The number of aryl methyl sites for hydroxylation is 1. The zero-order chi connectivity index (χ0) is 14.8. The predicted octanol–water partition coefficient (Wildman–Crippen LogP) is 4.25. The molecule has 2 aromatic rings. The zero-order valence-electron chi connectivity index (χ0n) is 11.6. The van der Waals surface area contributed by atoms with E-state index in [0.717, 1.165) is 22.3 Å². The van der Waals surface area contributed by atoms with E-state index in [1.165, 1.54) is 12.8 Å². The summed E-state index contributed by atoms with van der Waals surface area (Å²) in [6, 6.07) is 6.39. The number of ether oxygens (including phenoxy) is 1. The van der Waals surface area contributed by atoms with Gasteiger partial charge in [-0.05, 0) is 38.0 Å². The zero-order valence-corrected chi connectivity index (χ0v) is 13.9. The Balaban J connectivity index is 1.73. The minimum Gasteiger partial charge on any atom is -0.423 e. The molecule has 0 unspecified atom stereocenters. The topological polar surface area (TPSA) is 47.0 Å². The summed E-state index contributed by atoms with van der Waals surface area (Å²) in [5.74, 6) is 0.536. The van der Waals surface area contributed by atoms with Gasteiger partial charge in [0.1, 0.15) is 0 Å². The number of benzene rings is 1. The first-order chi connectivity index (χ1) is 10.1. The maximum absolute atomic E-state index is 6.10. The van der Waals surface area contributed by atoms with Crippen molar-refractivity contribution in [3.63, 3.8) is 0 Å². The largest absolute Gasteiger partial charge is 0.423 e. The van der Waals surface area contributed by atoms with Gasteiger partial charge in [0.15, 0.2) is 5.75 Å². The Labute approximate surface area is 137 Å². The van der Waals surface area contributed by atoms with E-state index in [9.17, 15) is 0 Å². The van der Waals surface area contributed by atoms with Gasteiger partial charge in [-0.3, -0.25) is 0 Å². The van der Waals surface area contributed by atoms with Crippen LogP contribution in [-0.2, 0) is 6.54 Å². The molecular weight excluding hydrogens is 354 g/mol. The Morgan fingerprint density at radius 3 is 2.95 bits per heavy atom. The van der Waals surface area contributed by atoms with E-state index in [-0.39, 0.29) is 0 Å². The third-order valence-electron chi connectivity index (χ3n) is 3.31.